The summed E-state index contributed by atoms with van der Waals surface area (Å²) in [6.07, 6.45) is 0. The molecular weight excluding hydrogens is 378 g/mol. The number of benzene rings is 2. The number of hydrogen-bond donors (Lipinski definition) is 3. The van der Waals surface area contributed by atoms with E-state index in [1.165, 1.54) is 14.0 Å². The fourth-order valence-corrected chi connectivity index (χ4v) is 3.02. The molecule has 2 amide bonds. The van der Waals surface area contributed by atoms with E-state index in [0.717, 1.165) is 5.56 Å². The Labute approximate surface area is 170 Å². The topological polar surface area (TPSA) is 79.5 Å². The first-order valence-corrected chi connectivity index (χ1v) is 9.42. The molecule has 0 aromatic heterocycles. The molecule has 0 aliphatic rings. The zero-order valence-electron chi connectivity index (χ0n) is 16.5. The zero-order valence-corrected chi connectivity index (χ0v) is 17.3. The van der Waals surface area contributed by atoms with Gasteiger partial charge in [-0.2, -0.15) is 0 Å². The summed E-state index contributed by atoms with van der Waals surface area (Å²) in [6, 6.07) is 12.7. The number of amides is 2. The molecule has 150 valence electrons. The van der Waals surface area contributed by atoms with E-state index in [4.69, 9.17) is 16.3 Å². The SMILES string of the molecule is COc1ccc(NC(C)=O)cc1NC(=O)CN[C@@H](c1ccc(Cl)cc1)C(C)C. The van der Waals surface area contributed by atoms with Crippen LogP contribution in [-0.2, 0) is 9.59 Å². The van der Waals surface area contributed by atoms with Crippen molar-refractivity contribution in [3.8, 4) is 5.75 Å². The Balaban J connectivity index is 2.06. The molecular formula is C21H26ClN3O3. The summed E-state index contributed by atoms with van der Waals surface area (Å²) in [5, 5.41) is 9.49. The maximum Gasteiger partial charge on any atom is 0.238 e. The highest BCUT2D eigenvalue weighted by Gasteiger charge is 2.17. The average Bonchev–Trinajstić information content (AvgIpc) is 2.63. The van der Waals surface area contributed by atoms with E-state index in [9.17, 15) is 9.59 Å². The van der Waals surface area contributed by atoms with Gasteiger partial charge in [-0.15, -0.1) is 0 Å². The summed E-state index contributed by atoms with van der Waals surface area (Å²) in [4.78, 5) is 23.7. The number of carbonyl (C=O) groups is 2. The molecule has 0 spiro atoms. The predicted molar refractivity (Wildman–Crippen MR) is 113 cm³/mol. The van der Waals surface area contributed by atoms with Gasteiger partial charge < -0.3 is 20.7 Å². The quantitative estimate of drug-likeness (QED) is 0.616. The Morgan fingerprint density at radius 2 is 1.75 bits per heavy atom. The van der Waals surface area contributed by atoms with Gasteiger partial charge in [0.05, 0.1) is 19.3 Å². The van der Waals surface area contributed by atoms with E-state index >= 15 is 0 Å². The lowest BCUT2D eigenvalue weighted by Crippen LogP contribution is -2.33. The van der Waals surface area contributed by atoms with Gasteiger partial charge in [-0.1, -0.05) is 37.6 Å². The van der Waals surface area contributed by atoms with Crippen molar-refractivity contribution in [1.82, 2.24) is 5.32 Å². The molecule has 0 radical (unpaired) electrons. The van der Waals surface area contributed by atoms with Gasteiger partial charge in [-0.05, 0) is 41.8 Å². The van der Waals surface area contributed by atoms with E-state index in [1.807, 2.05) is 24.3 Å². The zero-order chi connectivity index (χ0) is 20.7. The molecule has 0 unspecified atom stereocenters. The summed E-state index contributed by atoms with van der Waals surface area (Å²) >= 11 is 5.96. The van der Waals surface area contributed by atoms with E-state index in [0.29, 0.717) is 22.1 Å². The molecule has 0 fully saturated rings. The Morgan fingerprint density at radius 1 is 1.07 bits per heavy atom. The molecule has 7 heteroatoms. The molecule has 2 aromatic rings. The first-order valence-electron chi connectivity index (χ1n) is 9.04. The molecule has 6 nitrogen and oxygen atoms in total. The van der Waals surface area contributed by atoms with Gasteiger partial charge in [0.1, 0.15) is 5.75 Å². The molecule has 0 aliphatic carbocycles. The van der Waals surface area contributed by atoms with Crippen LogP contribution in [-0.4, -0.2) is 25.5 Å². The number of carbonyl (C=O) groups excluding carboxylic acids is 2. The molecule has 2 aromatic carbocycles. The van der Waals surface area contributed by atoms with Gasteiger partial charge in [-0.25, -0.2) is 0 Å². The second-order valence-corrected chi connectivity index (χ2v) is 7.24. The van der Waals surface area contributed by atoms with Crippen molar-refractivity contribution in [3.63, 3.8) is 0 Å². The van der Waals surface area contributed by atoms with Crippen molar-refractivity contribution < 1.29 is 14.3 Å². The highest BCUT2D eigenvalue weighted by molar-refractivity contribution is 6.30. The summed E-state index contributed by atoms with van der Waals surface area (Å²) < 4.78 is 5.29. The minimum absolute atomic E-state index is 0.00984. The van der Waals surface area contributed by atoms with Gasteiger partial charge >= 0.3 is 0 Å². The van der Waals surface area contributed by atoms with Gasteiger partial charge in [0.25, 0.3) is 0 Å². The molecule has 0 bridgehead atoms. The van der Waals surface area contributed by atoms with Crippen LogP contribution in [0.25, 0.3) is 0 Å². The fraction of sp³-hybridized carbons (Fsp3) is 0.333. The Kier molecular flexibility index (Phi) is 7.84. The minimum Gasteiger partial charge on any atom is -0.495 e. The summed E-state index contributed by atoms with van der Waals surface area (Å²) in [6.45, 7) is 5.72. The predicted octanol–water partition coefficient (Wildman–Crippen LogP) is 4.23. The minimum atomic E-state index is -0.210. The molecule has 0 saturated heterocycles. The number of halogens is 1. The highest BCUT2D eigenvalue weighted by atomic mass is 35.5. The van der Waals surface area contributed by atoms with Crippen LogP contribution < -0.4 is 20.7 Å². The van der Waals surface area contributed by atoms with Crippen molar-refractivity contribution in [2.45, 2.75) is 26.8 Å². The van der Waals surface area contributed by atoms with Gasteiger partial charge in [0, 0.05) is 23.7 Å². The van der Waals surface area contributed by atoms with Crippen LogP contribution in [0.5, 0.6) is 5.75 Å². The van der Waals surface area contributed by atoms with Crippen LogP contribution in [0, 0.1) is 5.92 Å². The van der Waals surface area contributed by atoms with E-state index < -0.39 is 0 Å². The van der Waals surface area contributed by atoms with Gasteiger partial charge in [-0.3, -0.25) is 9.59 Å². The van der Waals surface area contributed by atoms with Crippen LogP contribution >= 0.6 is 11.6 Å². The largest absolute Gasteiger partial charge is 0.495 e. The fourth-order valence-electron chi connectivity index (χ4n) is 2.89. The number of nitrogens with one attached hydrogen (secondary N) is 3. The second-order valence-electron chi connectivity index (χ2n) is 6.80. The van der Waals surface area contributed by atoms with Crippen LogP contribution in [0.1, 0.15) is 32.4 Å². The number of rotatable bonds is 8. The summed E-state index contributed by atoms with van der Waals surface area (Å²) in [5.74, 6) is 0.400. The smallest absolute Gasteiger partial charge is 0.238 e. The lowest BCUT2D eigenvalue weighted by molar-refractivity contribution is -0.116. The maximum absolute atomic E-state index is 12.5. The average molecular weight is 404 g/mol. The van der Waals surface area contributed by atoms with Crippen molar-refractivity contribution in [1.29, 1.82) is 0 Å². The summed E-state index contributed by atoms with van der Waals surface area (Å²) in [7, 11) is 1.52. The van der Waals surface area contributed by atoms with E-state index in [2.05, 4.69) is 29.8 Å². The van der Waals surface area contributed by atoms with Crippen molar-refractivity contribution in [2.75, 3.05) is 24.3 Å². The molecule has 0 heterocycles. The lowest BCUT2D eigenvalue weighted by atomic mass is 9.96. The van der Waals surface area contributed by atoms with Crippen LogP contribution in [0.2, 0.25) is 5.02 Å². The van der Waals surface area contributed by atoms with Crippen molar-refractivity contribution in [3.05, 3.63) is 53.1 Å². The van der Waals surface area contributed by atoms with Crippen LogP contribution in [0.4, 0.5) is 11.4 Å². The molecule has 0 saturated carbocycles. The third-order valence-electron chi connectivity index (χ3n) is 4.17. The van der Waals surface area contributed by atoms with Crippen LogP contribution in [0.15, 0.2) is 42.5 Å². The molecule has 3 N–H and O–H groups in total. The first kappa shape index (κ1) is 21.7. The Bertz CT molecular complexity index is 822. The number of methoxy groups -OCH3 is 1. The number of ether oxygens (including phenoxy) is 1. The summed E-state index contributed by atoms with van der Waals surface area (Å²) in [5.41, 5.74) is 2.14. The van der Waals surface area contributed by atoms with E-state index in [-0.39, 0.29) is 30.3 Å². The molecule has 2 rings (SSSR count). The standard InChI is InChI=1S/C21H26ClN3O3/c1-13(2)21(15-5-7-16(22)8-6-15)23-12-20(27)25-18-11-17(24-14(3)26)9-10-19(18)28-4/h5-11,13,21,23H,12H2,1-4H3,(H,24,26)(H,25,27)/t21-/m1/s1. The van der Waals surface area contributed by atoms with Crippen molar-refractivity contribution >= 4 is 34.8 Å². The molecule has 0 aliphatic heterocycles. The molecule has 28 heavy (non-hydrogen) atoms. The number of hydrogen-bond acceptors (Lipinski definition) is 4. The first-order chi connectivity index (χ1) is 13.3. The van der Waals surface area contributed by atoms with Crippen LogP contribution in [0.3, 0.4) is 0 Å². The van der Waals surface area contributed by atoms with Gasteiger partial charge in [0.15, 0.2) is 0 Å². The normalized spacial score (nSPS) is 11.8. The van der Waals surface area contributed by atoms with E-state index in [1.54, 1.807) is 18.2 Å². The Morgan fingerprint density at radius 3 is 2.32 bits per heavy atom. The highest BCUT2D eigenvalue weighted by Crippen LogP contribution is 2.28. The lowest BCUT2D eigenvalue weighted by Gasteiger charge is -2.23. The monoisotopic (exact) mass is 403 g/mol. The second kappa shape index (κ2) is 10.1. The van der Waals surface area contributed by atoms with Crippen molar-refractivity contribution in [2.24, 2.45) is 5.92 Å². The molecule has 1 atom stereocenters. The van der Waals surface area contributed by atoms with Gasteiger partial charge in [0.2, 0.25) is 11.8 Å². The Hall–Kier alpha value is -2.57. The maximum atomic E-state index is 12.5. The third-order valence-corrected chi connectivity index (χ3v) is 4.42. The number of anilines is 2. The third kappa shape index (κ3) is 6.25.